The van der Waals surface area contributed by atoms with Gasteiger partial charge in [0.1, 0.15) is 21.6 Å². The molecule has 3 aromatic carbocycles. The van der Waals surface area contributed by atoms with Crippen LogP contribution in [-0.2, 0) is 10.1 Å². The molecule has 2 N–H and O–H groups in total. The quantitative estimate of drug-likeness (QED) is 0.295. The summed E-state index contributed by atoms with van der Waals surface area (Å²) >= 11 is 30.2. The number of phenolic OH excluding ortho intramolecular Hbond substituents is 2. The zero-order chi connectivity index (χ0) is 22.4. The molecule has 0 aromatic heterocycles. The summed E-state index contributed by atoms with van der Waals surface area (Å²) in [7, 11) is -5.01. The van der Waals surface area contributed by atoms with Crippen molar-refractivity contribution in [2.45, 2.75) is 10.8 Å². The van der Waals surface area contributed by atoms with E-state index in [2.05, 4.69) is 0 Å². The third-order valence-corrected chi connectivity index (χ3v) is 6.43. The fourth-order valence-electron chi connectivity index (χ4n) is 3.08. The summed E-state index contributed by atoms with van der Waals surface area (Å²) in [6, 6.07) is 8.78. The van der Waals surface area contributed by atoms with E-state index in [1.807, 2.05) is 0 Å². The van der Waals surface area contributed by atoms with Crippen LogP contribution in [0.2, 0.25) is 25.1 Å². The zero-order valence-electron chi connectivity index (χ0n) is 15.5. The van der Waals surface area contributed by atoms with Crippen molar-refractivity contribution in [2.24, 2.45) is 0 Å². The molecule has 0 radical (unpaired) electrons. The normalized spacial score (nSPS) is 11.5. The van der Waals surface area contributed by atoms with Gasteiger partial charge in [-0.25, -0.2) is 8.42 Å². The van der Waals surface area contributed by atoms with Crippen LogP contribution in [0.1, 0.15) is 22.6 Å². The van der Waals surface area contributed by atoms with Crippen molar-refractivity contribution in [3.05, 3.63) is 84.3 Å². The van der Waals surface area contributed by atoms with Crippen LogP contribution >= 0.6 is 58.0 Å². The fraction of sp³-hybridized carbons (Fsp3) is 0.0526. The predicted molar refractivity (Wildman–Crippen MR) is 117 cm³/mol. The van der Waals surface area contributed by atoms with Crippen LogP contribution in [-0.4, -0.2) is 23.2 Å². The monoisotopic (exact) mass is 548 g/mol. The molecule has 0 bridgehead atoms. The number of halogens is 5. The van der Waals surface area contributed by atoms with Crippen LogP contribution in [0.5, 0.6) is 11.5 Å². The number of hydrogen-bond donors (Lipinski definition) is 2. The first-order valence-corrected chi connectivity index (χ1v) is 11.3. The van der Waals surface area contributed by atoms with Crippen molar-refractivity contribution in [1.82, 2.24) is 0 Å². The molecule has 0 saturated carbocycles. The van der Waals surface area contributed by atoms with Gasteiger partial charge in [0, 0.05) is 32.1 Å². The van der Waals surface area contributed by atoms with Gasteiger partial charge in [0.25, 0.3) is 0 Å². The first-order valence-electron chi connectivity index (χ1n) is 8.01. The maximum atomic E-state index is 12.0. The molecule has 5 nitrogen and oxygen atoms in total. The number of hydrogen-bond acceptors (Lipinski definition) is 5. The Bertz CT molecular complexity index is 1210. The van der Waals surface area contributed by atoms with Gasteiger partial charge in [-0.05, 0) is 42.0 Å². The summed E-state index contributed by atoms with van der Waals surface area (Å²) in [6.07, 6.45) is 0. The molecule has 0 aliphatic carbocycles. The molecule has 0 aliphatic rings. The van der Waals surface area contributed by atoms with E-state index in [0.717, 1.165) is 6.07 Å². The minimum atomic E-state index is -5.01. The Balaban J connectivity index is 0.00000341. The summed E-state index contributed by atoms with van der Waals surface area (Å²) in [5.41, 5.74) is -0.0848. The molecule has 0 heterocycles. The Kier molecular flexibility index (Phi) is 8.90. The van der Waals surface area contributed by atoms with Gasteiger partial charge in [0.2, 0.25) is 0 Å². The van der Waals surface area contributed by atoms with Gasteiger partial charge in [-0.15, -0.1) is 0 Å². The van der Waals surface area contributed by atoms with Crippen LogP contribution in [0.3, 0.4) is 0 Å². The SMILES string of the molecule is O=S(=O)([O-])c1cc(Cl)ccc1C(c1cc(Cl)cc(Cl)c1O)c1cc(Cl)cc(Cl)c1O.[Na+]. The Morgan fingerprint density at radius 2 is 1.16 bits per heavy atom. The van der Waals surface area contributed by atoms with E-state index in [-0.39, 0.29) is 71.4 Å². The molecule has 12 heteroatoms. The molecular weight excluding hydrogens is 541 g/mol. The van der Waals surface area contributed by atoms with Gasteiger partial charge in [-0.2, -0.15) is 0 Å². The fourth-order valence-corrected chi connectivity index (χ4v) is 5.08. The Labute approximate surface area is 225 Å². The van der Waals surface area contributed by atoms with Gasteiger partial charge in [0.05, 0.1) is 14.9 Å². The van der Waals surface area contributed by atoms with Crippen molar-refractivity contribution >= 4 is 68.1 Å². The van der Waals surface area contributed by atoms with E-state index in [9.17, 15) is 23.2 Å². The van der Waals surface area contributed by atoms with Gasteiger partial charge in [-0.3, -0.25) is 0 Å². The first-order chi connectivity index (χ1) is 13.9. The van der Waals surface area contributed by atoms with Gasteiger partial charge < -0.3 is 14.8 Å². The number of phenols is 2. The molecule has 158 valence electrons. The number of aromatic hydroxyl groups is 2. The molecule has 3 rings (SSSR count). The zero-order valence-corrected chi connectivity index (χ0v) is 22.1. The van der Waals surface area contributed by atoms with Crippen molar-refractivity contribution in [3.63, 3.8) is 0 Å². The maximum Gasteiger partial charge on any atom is 1.00 e. The smallest absolute Gasteiger partial charge is 0.744 e. The Morgan fingerprint density at radius 1 is 0.710 bits per heavy atom. The molecule has 0 aliphatic heterocycles. The third-order valence-electron chi connectivity index (χ3n) is 4.29. The summed E-state index contributed by atoms with van der Waals surface area (Å²) < 4.78 is 35.9. The largest absolute Gasteiger partial charge is 1.00 e. The van der Waals surface area contributed by atoms with Crippen molar-refractivity contribution in [1.29, 1.82) is 0 Å². The standard InChI is InChI=1S/C19H11Cl5O5S.Na/c20-8-1-2-11(16(7-8)30(27,28)29)17(12-3-9(21)5-14(23)18(12)25)13-4-10(22)6-15(24)19(13)26;/h1-7,17,25-26H,(H,27,28,29);/q;+1/p-1. The number of rotatable bonds is 4. The van der Waals surface area contributed by atoms with Crippen molar-refractivity contribution < 1.29 is 52.7 Å². The Morgan fingerprint density at radius 3 is 1.58 bits per heavy atom. The van der Waals surface area contributed by atoms with Crippen molar-refractivity contribution in [3.8, 4) is 11.5 Å². The molecule has 0 fully saturated rings. The summed E-state index contributed by atoms with van der Waals surface area (Å²) in [6.45, 7) is 0. The van der Waals surface area contributed by atoms with Crippen LogP contribution in [0.15, 0.2) is 47.4 Å². The maximum absolute atomic E-state index is 12.0. The summed E-state index contributed by atoms with van der Waals surface area (Å²) in [5, 5.41) is 21.2. The van der Waals surface area contributed by atoms with Crippen LogP contribution in [0.25, 0.3) is 0 Å². The Hall–Kier alpha value is -0.380. The first kappa shape index (κ1) is 26.9. The summed E-state index contributed by atoms with van der Waals surface area (Å²) in [5.74, 6) is -2.12. The second-order valence-corrected chi connectivity index (χ2v) is 9.69. The van der Waals surface area contributed by atoms with E-state index in [1.54, 1.807) is 0 Å². The van der Waals surface area contributed by atoms with Gasteiger partial charge >= 0.3 is 29.6 Å². The van der Waals surface area contributed by atoms with Crippen LogP contribution in [0, 0.1) is 0 Å². The average molecular weight is 551 g/mol. The minimum absolute atomic E-state index is 0. The topological polar surface area (TPSA) is 97.7 Å². The van der Waals surface area contributed by atoms with E-state index in [1.165, 1.54) is 36.4 Å². The van der Waals surface area contributed by atoms with E-state index in [4.69, 9.17) is 58.0 Å². The second-order valence-electron chi connectivity index (χ2n) is 6.22. The summed E-state index contributed by atoms with van der Waals surface area (Å²) in [4.78, 5) is -0.661. The molecule has 31 heavy (non-hydrogen) atoms. The van der Waals surface area contributed by atoms with E-state index >= 15 is 0 Å². The van der Waals surface area contributed by atoms with E-state index < -0.39 is 32.4 Å². The molecule has 0 unspecified atom stereocenters. The molecule has 0 atom stereocenters. The molecule has 0 saturated heterocycles. The number of benzene rings is 3. The average Bonchev–Trinajstić information content (AvgIpc) is 2.63. The molecule has 0 spiro atoms. The molecular formula is C19H10Cl5NaO5S. The molecule has 0 amide bonds. The van der Waals surface area contributed by atoms with Crippen LogP contribution in [0.4, 0.5) is 0 Å². The van der Waals surface area contributed by atoms with Gasteiger partial charge in [-0.1, -0.05) is 64.1 Å². The minimum Gasteiger partial charge on any atom is -0.744 e. The van der Waals surface area contributed by atoms with E-state index in [0.29, 0.717) is 0 Å². The third kappa shape index (κ3) is 5.76. The second kappa shape index (κ2) is 10.3. The van der Waals surface area contributed by atoms with Crippen molar-refractivity contribution in [2.75, 3.05) is 0 Å². The van der Waals surface area contributed by atoms with Gasteiger partial charge in [0.15, 0.2) is 0 Å². The van der Waals surface area contributed by atoms with Crippen LogP contribution < -0.4 is 29.6 Å². The molecule has 3 aromatic rings. The predicted octanol–water partition coefficient (Wildman–Crippen LogP) is 3.45.